The number of oxime groups is 1. The lowest BCUT2D eigenvalue weighted by molar-refractivity contribution is -0.121. The molecule has 1 unspecified atom stereocenters. The van der Waals surface area contributed by atoms with Gasteiger partial charge in [0.15, 0.2) is 0 Å². The minimum absolute atomic E-state index is 0.110. The number of amides is 1. The first-order valence-corrected chi connectivity index (χ1v) is 8.36. The maximum atomic E-state index is 12.0. The van der Waals surface area contributed by atoms with Gasteiger partial charge in [-0.05, 0) is 30.2 Å². The summed E-state index contributed by atoms with van der Waals surface area (Å²) >= 11 is 0. The Morgan fingerprint density at radius 3 is 2.35 bits per heavy atom. The van der Waals surface area contributed by atoms with Gasteiger partial charge in [0.25, 0.3) is 0 Å². The van der Waals surface area contributed by atoms with E-state index in [-0.39, 0.29) is 24.5 Å². The van der Waals surface area contributed by atoms with E-state index in [1.807, 2.05) is 30.3 Å². The van der Waals surface area contributed by atoms with Gasteiger partial charge in [0.1, 0.15) is 11.4 Å². The predicted molar refractivity (Wildman–Crippen MR) is 99.3 cm³/mol. The summed E-state index contributed by atoms with van der Waals surface area (Å²) < 4.78 is 5.10. The third kappa shape index (κ3) is 5.07. The first kappa shape index (κ1) is 19.5. The van der Waals surface area contributed by atoms with Crippen LogP contribution < -0.4 is 10.1 Å². The number of aliphatic hydroxyl groups is 1. The molecule has 1 atom stereocenters. The molecule has 0 aliphatic heterocycles. The van der Waals surface area contributed by atoms with Crippen LogP contribution in [0.2, 0.25) is 0 Å². The van der Waals surface area contributed by atoms with Crippen LogP contribution in [0.1, 0.15) is 30.9 Å². The molecule has 0 saturated carbocycles. The van der Waals surface area contributed by atoms with Crippen molar-refractivity contribution in [2.75, 3.05) is 7.11 Å². The van der Waals surface area contributed by atoms with Crippen molar-refractivity contribution in [3.05, 3.63) is 65.7 Å². The Morgan fingerprint density at radius 2 is 1.77 bits per heavy atom. The van der Waals surface area contributed by atoms with Crippen LogP contribution in [-0.2, 0) is 16.9 Å². The summed E-state index contributed by atoms with van der Waals surface area (Å²) in [5.41, 5.74) is 0.191. The van der Waals surface area contributed by atoms with Crippen molar-refractivity contribution < 1.29 is 19.8 Å². The molecule has 0 heterocycles. The maximum Gasteiger partial charge on any atom is 0.220 e. The number of hydrogen-bond donors (Lipinski definition) is 3. The number of ether oxygens (including phenoxy) is 1. The Bertz CT molecular complexity index is 740. The second-order valence-electron chi connectivity index (χ2n) is 6.11. The van der Waals surface area contributed by atoms with Gasteiger partial charge in [-0.1, -0.05) is 47.6 Å². The van der Waals surface area contributed by atoms with Crippen molar-refractivity contribution in [1.82, 2.24) is 5.32 Å². The van der Waals surface area contributed by atoms with E-state index in [9.17, 15) is 15.1 Å². The number of rotatable bonds is 8. The van der Waals surface area contributed by atoms with Crippen molar-refractivity contribution in [1.29, 1.82) is 0 Å². The lowest BCUT2D eigenvalue weighted by Crippen LogP contribution is -2.34. The van der Waals surface area contributed by atoms with E-state index in [0.29, 0.717) is 17.9 Å². The topological polar surface area (TPSA) is 91.2 Å². The van der Waals surface area contributed by atoms with Gasteiger partial charge in [0.2, 0.25) is 5.91 Å². The highest BCUT2D eigenvalue weighted by Gasteiger charge is 2.30. The fourth-order valence-electron chi connectivity index (χ4n) is 2.59. The van der Waals surface area contributed by atoms with Gasteiger partial charge in [0, 0.05) is 19.4 Å². The van der Waals surface area contributed by atoms with E-state index in [1.54, 1.807) is 31.4 Å². The fourth-order valence-corrected chi connectivity index (χ4v) is 2.59. The van der Waals surface area contributed by atoms with Gasteiger partial charge in [-0.25, -0.2) is 0 Å². The van der Waals surface area contributed by atoms with Crippen LogP contribution >= 0.6 is 0 Å². The quantitative estimate of drug-likeness (QED) is 0.385. The minimum Gasteiger partial charge on any atom is -0.497 e. The Balaban J connectivity index is 1.93. The standard InChI is InChI=1S/C20H24N2O4/c1-20(24,16-8-10-17(26-2)11-9-16)18(22-25)12-13-19(23)21-14-15-6-4-3-5-7-15/h3-11,24-25H,12-14H2,1-2H3,(H,21,23)/b22-18-. The van der Waals surface area contributed by atoms with Crippen LogP contribution in [0.3, 0.4) is 0 Å². The molecule has 0 saturated heterocycles. The Hall–Kier alpha value is -2.86. The van der Waals surface area contributed by atoms with Gasteiger partial charge in [0.05, 0.1) is 12.8 Å². The van der Waals surface area contributed by atoms with Crippen molar-refractivity contribution in [2.24, 2.45) is 5.16 Å². The molecule has 0 radical (unpaired) electrons. The molecular weight excluding hydrogens is 332 g/mol. The molecule has 0 aliphatic rings. The van der Waals surface area contributed by atoms with Gasteiger partial charge >= 0.3 is 0 Å². The summed E-state index contributed by atoms with van der Waals surface area (Å²) in [4.78, 5) is 12.0. The largest absolute Gasteiger partial charge is 0.497 e. The zero-order chi connectivity index (χ0) is 19.0. The summed E-state index contributed by atoms with van der Waals surface area (Å²) in [6, 6.07) is 16.4. The zero-order valence-electron chi connectivity index (χ0n) is 15.0. The molecular formula is C20H24N2O4. The molecule has 3 N–H and O–H groups in total. The van der Waals surface area contributed by atoms with E-state index in [0.717, 1.165) is 5.56 Å². The number of methoxy groups -OCH3 is 1. The smallest absolute Gasteiger partial charge is 0.220 e. The summed E-state index contributed by atoms with van der Waals surface area (Å²) in [5, 5.41) is 26.1. The molecule has 26 heavy (non-hydrogen) atoms. The molecule has 0 fully saturated rings. The van der Waals surface area contributed by atoms with E-state index in [4.69, 9.17) is 4.74 Å². The summed E-state index contributed by atoms with van der Waals surface area (Å²) in [6.45, 7) is 1.96. The van der Waals surface area contributed by atoms with Crippen LogP contribution in [-0.4, -0.2) is 29.0 Å². The summed E-state index contributed by atoms with van der Waals surface area (Å²) in [5.74, 6) is 0.480. The molecule has 138 valence electrons. The van der Waals surface area contributed by atoms with Crippen molar-refractivity contribution in [3.8, 4) is 5.75 Å². The lowest BCUT2D eigenvalue weighted by Gasteiger charge is -2.25. The summed E-state index contributed by atoms with van der Waals surface area (Å²) in [6.07, 6.45) is 0.245. The number of nitrogens with one attached hydrogen (secondary N) is 1. The number of benzene rings is 2. The molecule has 0 aliphatic carbocycles. The average molecular weight is 356 g/mol. The molecule has 1 amide bonds. The minimum atomic E-state index is -1.49. The SMILES string of the molecule is COc1ccc(C(C)(O)/C(CCC(=O)NCc2ccccc2)=N\O)cc1. The van der Waals surface area contributed by atoms with Gasteiger partial charge in [-0.2, -0.15) is 0 Å². The molecule has 6 heteroatoms. The molecule has 0 aromatic heterocycles. The Kier molecular flexibility index (Phi) is 6.74. The van der Waals surface area contributed by atoms with Crippen LogP contribution in [0.4, 0.5) is 0 Å². The van der Waals surface area contributed by atoms with E-state index in [2.05, 4.69) is 10.5 Å². The third-order valence-electron chi connectivity index (χ3n) is 4.26. The van der Waals surface area contributed by atoms with Crippen molar-refractivity contribution in [3.63, 3.8) is 0 Å². The van der Waals surface area contributed by atoms with Crippen LogP contribution in [0, 0.1) is 0 Å². The zero-order valence-corrected chi connectivity index (χ0v) is 15.0. The molecule has 6 nitrogen and oxygen atoms in total. The second-order valence-corrected chi connectivity index (χ2v) is 6.11. The second kappa shape index (κ2) is 9.01. The average Bonchev–Trinajstić information content (AvgIpc) is 2.67. The number of hydrogen-bond acceptors (Lipinski definition) is 5. The van der Waals surface area contributed by atoms with E-state index in [1.165, 1.54) is 6.92 Å². The summed E-state index contributed by atoms with van der Waals surface area (Å²) in [7, 11) is 1.56. The molecule has 2 rings (SSSR count). The predicted octanol–water partition coefficient (Wildman–Crippen LogP) is 2.83. The monoisotopic (exact) mass is 356 g/mol. The van der Waals surface area contributed by atoms with Crippen LogP contribution in [0.5, 0.6) is 5.75 Å². The van der Waals surface area contributed by atoms with Crippen LogP contribution in [0.25, 0.3) is 0 Å². The first-order valence-electron chi connectivity index (χ1n) is 8.36. The van der Waals surface area contributed by atoms with Crippen molar-refractivity contribution >= 4 is 11.6 Å². The number of carbonyl (C=O) groups excluding carboxylic acids is 1. The highest BCUT2D eigenvalue weighted by Crippen LogP contribution is 2.26. The highest BCUT2D eigenvalue weighted by molar-refractivity contribution is 5.95. The Morgan fingerprint density at radius 1 is 1.12 bits per heavy atom. The molecule has 0 spiro atoms. The number of nitrogens with zero attached hydrogens (tertiary/aromatic N) is 1. The van der Waals surface area contributed by atoms with Gasteiger partial charge in [-0.3, -0.25) is 4.79 Å². The van der Waals surface area contributed by atoms with Crippen LogP contribution in [0.15, 0.2) is 59.8 Å². The van der Waals surface area contributed by atoms with Crippen molar-refractivity contribution in [2.45, 2.75) is 31.9 Å². The lowest BCUT2D eigenvalue weighted by atomic mass is 9.88. The van der Waals surface area contributed by atoms with Gasteiger partial charge in [-0.15, -0.1) is 0 Å². The highest BCUT2D eigenvalue weighted by atomic mass is 16.5. The van der Waals surface area contributed by atoms with Gasteiger partial charge < -0.3 is 20.4 Å². The fraction of sp³-hybridized carbons (Fsp3) is 0.300. The molecule has 2 aromatic carbocycles. The third-order valence-corrected chi connectivity index (χ3v) is 4.26. The van der Waals surface area contributed by atoms with E-state index >= 15 is 0 Å². The molecule has 0 bridgehead atoms. The molecule has 2 aromatic rings. The Labute approximate surface area is 153 Å². The first-order chi connectivity index (χ1) is 12.5. The van der Waals surface area contributed by atoms with E-state index < -0.39 is 5.60 Å². The number of carbonyl (C=O) groups is 1. The normalized spacial score (nSPS) is 13.7. The maximum absolute atomic E-state index is 12.0.